The Bertz CT molecular complexity index is 756. The number of hydrogen-bond acceptors (Lipinski definition) is 6. The summed E-state index contributed by atoms with van der Waals surface area (Å²) in [5, 5.41) is 8.63. The molecular weight excluding hydrogens is 335 g/mol. The average molecular weight is 362 g/mol. The summed E-state index contributed by atoms with van der Waals surface area (Å²) in [6.45, 7) is 15.7. The second-order valence-electron chi connectivity index (χ2n) is 8.80. The van der Waals surface area contributed by atoms with Crippen LogP contribution in [0.3, 0.4) is 0 Å². The zero-order valence-corrected chi connectivity index (χ0v) is 17.2. The van der Waals surface area contributed by atoms with Crippen molar-refractivity contribution in [2.24, 2.45) is 0 Å². The van der Waals surface area contributed by atoms with Crippen LogP contribution in [0.5, 0.6) is 0 Å². The molecule has 3 rings (SSSR count). The van der Waals surface area contributed by atoms with E-state index in [2.05, 4.69) is 34.8 Å². The molecule has 1 aliphatic rings. The minimum absolute atomic E-state index is 0.385. The van der Waals surface area contributed by atoms with Crippen LogP contribution in [-0.2, 0) is 9.31 Å². The van der Waals surface area contributed by atoms with E-state index in [-0.39, 0.29) is 11.2 Å². The van der Waals surface area contributed by atoms with Gasteiger partial charge in [0, 0.05) is 19.7 Å². The van der Waals surface area contributed by atoms with Gasteiger partial charge >= 0.3 is 7.12 Å². The van der Waals surface area contributed by atoms with E-state index in [0.717, 1.165) is 11.5 Å². The Morgan fingerprint density at radius 3 is 2.36 bits per heavy atom. The number of hydrogen-bond donors (Lipinski definition) is 0. The molecule has 0 saturated carbocycles. The summed E-state index contributed by atoms with van der Waals surface area (Å²) < 4.78 is 12.1. The molecule has 3 heterocycles. The van der Waals surface area contributed by atoms with Crippen molar-refractivity contribution in [2.45, 2.75) is 64.6 Å². The maximum atomic E-state index is 6.06. The molecule has 25 heavy (non-hydrogen) atoms. The normalized spacial score (nSPS) is 19.6. The number of aromatic nitrogens is 4. The van der Waals surface area contributed by atoms with Crippen molar-refractivity contribution >= 4 is 31.8 Å². The summed E-state index contributed by atoms with van der Waals surface area (Å²) >= 11 is 0. The van der Waals surface area contributed by atoms with Crippen molar-refractivity contribution < 1.29 is 14.1 Å². The van der Waals surface area contributed by atoms with Crippen LogP contribution < -0.4 is 10.3 Å². The number of nitrogens with zero attached hydrogens (tertiary/aromatic N) is 4. The average Bonchev–Trinajstić information content (AvgIpc) is 2.94. The van der Waals surface area contributed by atoms with Crippen LogP contribution in [0.2, 0.25) is 25.7 Å². The van der Waals surface area contributed by atoms with E-state index in [1.807, 2.05) is 33.8 Å². The molecule has 0 aromatic carbocycles. The third-order valence-electron chi connectivity index (χ3n) is 4.83. The Labute approximate surface area is 150 Å². The van der Waals surface area contributed by atoms with Gasteiger partial charge in [0.15, 0.2) is 0 Å². The summed E-state index contributed by atoms with van der Waals surface area (Å²) in [5.74, 6) is 0. The second kappa shape index (κ2) is 6.07. The first-order valence-corrected chi connectivity index (χ1v) is 12.4. The first-order chi connectivity index (χ1) is 11.5. The smallest absolute Gasteiger partial charge is 0.399 e. The predicted octanol–water partition coefficient (Wildman–Crippen LogP) is 1.89. The molecule has 0 amide bonds. The van der Waals surface area contributed by atoms with Gasteiger partial charge in [0.05, 0.1) is 11.2 Å². The molecule has 7 nitrogen and oxygen atoms in total. The van der Waals surface area contributed by atoms with Crippen molar-refractivity contribution in [3.8, 4) is 0 Å². The molecule has 9 heteroatoms. The summed E-state index contributed by atoms with van der Waals surface area (Å²) in [4.78, 5) is 11.3. The molecule has 0 radical (unpaired) electrons. The summed E-state index contributed by atoms with van der Waals surface area (Å²) in [5.41, 5.74) is 1.28. The van der Waals surface area contributed by atoms with Crippen LogP contribution in [0.1, 0.15) is 27.7 Å². The second-order valence-corrected chi connectivity index (χ2v) is 14.4. The van der Waals surface area contributed by atoms with Gasteiger partial charge < -0.3 is 14.1 Å². The van der Waals surface area contributed by atoms with E-state index in [1.54, 1.807) is 6.20 Å². The van der Waals surface area contributed by atoms with Crippen molar-refractivity contribution in [1.29, 1.82) is 0 Å². The highest BCUT2D eigenvalue weighted by atomic mass is 28.3. The lowest BCUT2D eigenvalue weighted by Crippen LogP contribution is -2.41. The molecule has 0 spiro atoms. The van der Waals surface area contributed by atoms with Crippen LogP contribution in [0.4, 0.5) is 0 Å². The summed E-state index contributed by atoms with van der Waals surface area (Å²) in [6, 6.07) is 2.95. The fourth-order valence-corrected chi connectivity index (χ4v) is 3.11. The third kappa shape index (κ3) is 3.88. The topological polar surface area (TPSA) is 71.3 Å². The largest absolute Gasteiger partial charge is 0.496 e. The minimum atomic E-state index is -1.15. The molecule has 2 aromatic heterocycles. The van der Waals surface area contributed by atoms with Gasteiger partial charge in [-0.3, -0.25) is 0 Å². The quantitative estimate of drug-likeness (QED) is 0.757. The van der Waals surface area contributed by atoms with E-state index >= 15 is 0 Å². The number of rotatable bonds is 5. The molecule has 1 aliphatic heterocycles. The van der Waals surface area contributed by atoms with Crippen molar-refractivity contribution in [3.05, 3.63) is 12.3 Å². The number of fused-ring (bicyclic) bond motifs is 1. The highest BCUT2D eigenvalue weighted by molar-refractivity contribution is 6.76. The minimum Gasteiger partial charge on any atom is -0.399 e. The zero-order chi connectivity index (χ0) is 18.5. The van der Waals surface area contributed by atoms with Crippen LogP contribution >= 0.6 is 0 Å². The SMILES string of the molecule is CC1(C)OB(c2cnc3nn(OCC[Si](C)(C)C)nc3c2)OC1(C)C. The van der Waals surface area contributed by atoms with Crippen LogP contribution in [-0.4, -0.2) is 53.1 Å². The summed E-state index contributed by atoms with van der Waals surface area (Å²) in [6.07, 6.45) is 1.73. The van der Waals surface area contributed by atoms with E-state index in [1.165, 1.54) is 4.96 Å². The highest BCUT2D eigenvalue weighted by Gasteiger charge is 2.51. The molecule has 0 N–H and O–H groups in total. The molecule has 0 aliphatic carbocycles. The predicted molar refractivity (Wildman–Crippen MR) is 101 cm³/mol. The van der Waals surface area contributed by atoms with Gasteiger partial charge in [0.2, 0.25) is 5.65 Å². The Kier molecular flexibility index (Phi) is 4.45. The van der Waals surface area contributed by atoms with Crippen molar-refractivity contribution in [3.63, 3.8) is 0 Å². The fraction of sp³-hybridized carbons (Fsp3) is 0.688. The fourth-order valence-electron chi connectivity index (χ4n) is 2.41. The van der Waals surface area contributed by atoms with Crippen molar-refractivity contribution in [1.82, 2.24) is 20.1 Å². The molecule has 136 valence electrons. The standard InChI is InChI=1S/C16H27BN4O3Si/c1-15(2)16(3,4)24-17(23-15)12-10-13-14(18-11-12)20-21(19-13)22-8-9-25(5,6)7/h10-11H,8-9H2,1-7H3. The van der Waals surface area contributed by atoms with Gasteiger partial charge in [-0.1, -0.05) is 24.7 Å². The maximum absolute atomic E-state index is 6.06. The Balaban J connectivity index is 1.75. The lowest BCUT2D eigenvalue weighted by Gasteiger charge is -2.32. The molecule has 0 unspecified atom stereocenters. The van der Waals surface area contributed by atoms with Crippen LogP contribution in [0.15, 0.2) is 12.3 Å². The van der Waals surface area contributed by atoms with E-state index < -0.39 is 15.2 Å². The molecule has 2 aromatic rings. The van der Waals surface area contributed by atoms with Crippen molar-refractivity contribution in [2.75, 3.05) is 6.61 Å². The molecule has 0 atom stereocenters. The van der Waals surface area contributed by atoms with Gasteiger partial charge in [-0.15, -0.1) is 5.10 Å². The van der Waals surface area contributed by atoms with Gasteiger partial charge in [-0.2, -0.15) is 0 Å². The van der Waals surface area contributed by atoms with Gasteiger partial charge in [-0.25, -0.2) is 4.98 Å². The van der Waals surface area contributed by atoms with Crippen LogP contribution in [0.25, 0.3) is 11.2 Å². The Hall–Kier alpha value is -1.45. The van der Waals surface area contributed by atoms with Gasteiger partial charge in [-0.05, 0) is 44.8 Å². The molecule has 1 fully saturated rings. The van der Waals surface area contributed by atoms with Gasteiger partial charge in [0.25, 0.3) is 0 Å². The highest BCUT2D eigenvalue weighted by Crippen LogP contribution is 2.36. The monoisotopic (exact) mass is 362 g/mol. The Morgan fingerprint density at radius 1 is 1.12 bits per heavy atom. The lowest BCUT2D eigenvalue weighted by atomic mass is 9.80. The van der Waals surface area contributed by atoms with Gasteiger partial charge in [0.1, 0.15) is 12.1 Å². The zero-order valence-electron chi connectivity index (χ0n) is 16.2. The molecule has 1 saturated heterocycles. The van der Waals surface area contributed by atoms with E-state index in [9.17, 15) is 0 Å². The third-order valence-corrected chi connectivity index (χ3v) is 6.53. The number of pyridine rings is 1. The Morgan fingerprint density at radius 2 is 1.76 bits per heavy atom. The summed E-state index contributed by atoms with van der Waals surface area (Å²) in [7, 11) is -1.61. The van der Waals surface area contributed by atoms with E-state index in [0.29, 0.717) is 17.8 Å². The van der Waals surface area contributed by atoms with Crippen LogP contribution in [0, 0.1) is 0 Å². The van der Waals surface area contributed by atoms with E-state index in [4.69, 9.17) is 14.1 Å². The first-order valence-electron chi connectivity index (χ1n) is 8.69. The lowest BCUT2D eigenvalue weighted by molar-refractivity contribution is 0.00578. The maximum Gasteiger partial charge on any atom is 0.496 e. The first kappa shape index (κ1) is 18.3. The molecule has 0 bridgehead atoms. The molecular formula is C16H27BN4O3Si.